The van der Waals surface area contributed by atoms with Crippen LogP contribution in [0.2, 0.25) is 0 Å². The van der Waals surface area contributed by atoms with Gasteiger partial charge in [0.15, 0.2) is 5.78 Å². The van der Waals surface area contributed by atoms with Crippen LogP contribution in [0.1, 0.15) is 30.6 Å². The highest BCUT2D eigenvalue weighted by Crippen LogP contribution is 2.18. The summed E-state index contributed by atoms with van der Waals surface area (Å²) in [5.41, 5.74) is 0.669. The summed E-state index contributed by atoms with van der Waals surface area (Å²) in [5.74, 6) is -0.144. The molecule has 2 nitrogen and oxygen atoms in total. The predicted octanol–water partition coefficient (Wildman–Crippen LogP) is 3.12. The molecule has 0 saturated carbocycles. The molecule has 0 aromatic carbocycles. The summed E-state index contributed by atoms with van der Waals surface area (Å²) in [6.45, 7) is 4.04. The van der Waals surface area contributed by atoms with E-state index in [0.717, 1.165) is 0 Å². The number of carbonyl (C=O) groups is 1. The lowest BCUT2D eigenvalue weighted by Gasteiger charge is -2.08. The summed E-state index contributed by atoms with van der Waals surface area (Å²) >= 11 is 1.48. The van der Waals surface area contributed by atoms with E-state index in [9.17, 15) is 4.79 Å². The molecular formula is C11H13NOS. The van der Waals surface area contributed by atoms with Crippen LogP contribution in [0.15, 0.2) is 16.8 Å². The molecule has 0 fully saturated rings. The second kappa shape index (κ2) is 4.92. The molecule has 1 aromatic rings. The van der Waals surface area contributed by atoms with Crippen LogP contribution < -0.4 is 0 Å². The maximum absolute atomic E-state index is 11.8. The lowest BCUT2D eigenvalue weighted by Crippen LogP contribution is -2.14. The third-order valence-electron chi connectivity index (χ3n) is 1.99. The number of thiophene rings is 1. The summed E-state index contributed by atoms with van der Waals surface area (Å²) in [4.78, 5) is 11.8. The van der Waals surface area contributed by atoms with Crippen molar-refractivity contribution in [3.63, 3.8) is 0 Å². The van der Waals surface area contributed by atoms with Gasteiger partial charge in [-0.05, 0) is 23.8 Å². The Hall–Kier alpha value is -1.14. The van der Waals surface area contributed by atoms with E-state index < -0.39 is 5.92 Å². The Balaban J connectivity index is 2.72. The van der Waals surface area contributed by atoms with Gasteiger partial charge in [-0.15, -0.1) is 0 Å². The molecule has 0 N–H and O–H groups in total. The highest BCUT2D eigenvalue weighted by atomic mass is 32.1. The minimum absolute atomic E-state index is 0.0394. The highest BCUT2D eigenvalue weighted by Gasteiger charge is 2.20. The van der Waals surface area contributed by atoms with Crippen LogP contribution in [0.4, 0.5) is 0 Å². The van der Waals surface area contributed by atoms with Gasteiger partial charge in [-0.3, -0.25) is 4.79 Å². The molecule has 0 amide bonds. The van der Waals surface area contributed by atoms with Crippen LogP contribution in [0.3, 0.4) is 0 Å². The smallest absolute Gasteiger partial charge is 0.180 e. The molecule has 0 aliphatic rings. The molecule has 1 atom stereocenters. The van der Waals surface area contributed by atoms with E-state index in [2.05, 4.69) is 6.07 Å². The Morgan fingerprint density at radius 2 is 2.36 bits per heavy atom. The molecule has 0 spiro atoms. The summed E-state index contributed by atoms with van der Waals surface area (Å²) in [6.07, 6.45) is 0.644. The Kier molecular flexibility index (Phi) is 3.84. The SMILES string of the molecule is CC(C)CC(C#N)C(=O)c1ccsc1. The van der Waals surface area contributed by atoms with Crippen molar-refractivity contribution in [3.05, 3.63) is 22.4 Å². The fourth-order valence-corrected chi connectivity index (χ4v) is 1.94. The minimum atomic E-state index is -0.482. The number of nitriles is 1. The van der Waals surface area contributed by atoms with Gasteiger partial charge in [0.1, 0.15) is 5.92 Å². The van der Waals surface area contributed by atoms with Gasteiger partial charge >= 0.3 is 0 Å². The van der Waals surface area contributed by atoms with Gasteiger partial charge in [-0.25, -0.2) is 0 Å². The van der Waals surface area contributed by atoms with Gasteiger partial charge in [0.2, 0.25) is 0 Å². The van der Waals surface area contributed by atoms with Crippen LogP contribution in [0.5, 0.6) is 0 Å². The molecule has 0 radical (unpaired) electrons. The van der Waals surface area contributed by atoms with Crippen LogP contribution in [0.25, 0.3) is 0 Å². The van der Waals surface area contributed by atoms with Gasteiger partial charge in [0.05, 0.1) is 6.07 Å². The van der Waals surface area contributed by atoms with E-state index >= 15 is 0 Å². The lowest BCUT2D eigenvalue weighted by atomic mass is 9.92. The van der Waals surface area contributed by atoms with Crippen LogP contribution in [0, 0.1) is 23.2 Å². The van der Waals surface area contributed by atoms with Gasteiger partial charge in [0.25, 0.3) is 0 Å². The summed E-state index contributed by atoms with van der Waals surface area (Å²) < 4.78 is 0. The molecule has 14 heavy (non-hydrogen) atoms. The van der Waals surface area contributed by atoms with Crippen molar-refractivity contribution < 1.29 is 4.79 Å². The lowest BCUT2D eigenvalue weighted by molar-refractivity contribution is 0.0937. The second-order valence-electron chi connectivity index (χ2n) is 3.69. The van der Waals surface area contributed by atoms with Gasteiger partial charge in [-0.1, -0.05) is 13.8 Å². The molecule has 1 rings (SSSR count). The molecule has 1 aromatic heterocycles. The van der Waals surface area contributed by atoms with Gasteiger partial charge in [0, 0.05) is 10.9 Å². The number of rotatable bonds is 4. The second-order valence-corrected chi connectivity index (χ2v) is 4.47. The molecule has 0 aliphatic heterocycles. The first kappa shape index (κ1) is 10.9. The molecular weight excluding hydrogens is 194 g/mol. The van der Waals surface area contributed by atoms with Crippen LogP contribution >= 0.6 is 11.3 Å². The Labute approximate surface area is 88.2 Å². The van der Waals surface area contributed by atoms with E-state index in [0.29, 0.717) is 17.9 Å². The average molecular weight is 207 g/mol. The number of hydrogen-bond donors (Lipinski definition) is 0. The van der Waals surface area contributed by atoms with Crippen molar-refractivity contribution in [1.82, 2.24) is 0 Å². The fourth-order valence-electron chi connectivity index (χ4n) is 1.30. The van der Waals surface area contributed by atoms with E-state index in [1.54, 1.807) is 11.4 Å². The van der Waals surface area contributed by atoms with Crippen molar-refractivity contribution >= 4 is 17.1 Å². The zero-order chi connectivity index (χ0) is 10.6. The average Bonchev–Trinajstić information content (AvgIpc) is 2.65. The molecule has 0 saturated heterocycles. The maximum atomic E-state index is 11.8. The first-order chi connectivity index (χ1) is 6.65. The van der Waals surface area contributed by atoms with Gasteiger partial charge < -0.3 is 0 Å². The highest BCUT2D eigenvalue weighted by molar-refractivity contribution is 7.08. The summed E-state index contributed by atoms with van der Waals surface area (Å²) in [5, 5.41) is 12.5. The molecule has 0 aliphatic carbocycles. The molecule has 0 bridgehead atoms. The molecule has 1 heterocycles. The third kappa shape index (κ3) is 2.68. The summed E-state index contributed by atoms with van der Waals surface area (Å²) in [6, 6.07) is 3.85. The van der Waals surface area contributed by atoms with E-state index in [-0.39, 0.29) is 5.78 Å². The monoisotopic (exact) mass is 207 g/mol. The first-order valence-electron chi connectivity index (χ1n) is 4.61. The summed E-state index contributed by atoms with van der Waals surface area (Å²) in [7, 11) is 0. The van der Waals surface area contributed by atoms with Gasteiger partial charge in [-0.2, -0.15) is 16.6 Å². The Morgan fingerprint density at radius 3 is 2.79 bits per heavy atom. The number of Topliss-reactive ketones (excluding diaryl/α,β-unsaturated/α-hetero) is 1. The third-order valence-corrected chi connectivity index (χ3v) is 2.67. The van der Waals surface area contributed by atoms with Crippen molar-refractivity contribution in [2.45, 2.75) is 20.3 Å². The number of hydrogen-bond acceptors (Lipinski definition) is 3. The predicted molar refractivity (Wildman–Crippen MR) is 57.2 cm³/mol. The van der Waals surface area contributed by atoms with Crippen molar-refractivity contribution in [3.8, 4) is 6.07 Å². The number of nitrogens with zero attached hydrogens (tertiary/aromatic N) is 1. The molecule has 3 heteroatoms. The van der Waals surface area contributed by atoms with Crippen molar-refractivity contribution in [2.75, 3.05) is 0 Å². The largest absolute Gasteiger partial charge is 0.293 e. The number of carbonyl (C=O) groups excluding carboxylic acids is 1. The van der Waals surface area contributed by atoms with Crippen molar-refractivity contribution in [2.24, 2.45) is 11.8 Å². The normalized spacial score (nSPS) is 12.4. The quantitative estimate of drug-likeness (QED) is 0.712. The van der Waals surface area contributed by atoms with E-state index in [1.165, 1.54) is 11.3 Å². The standard InChI is InChI=1S/C11H13NOS/c1-8(2)5-10(6-12)11(13)9-3-4-14-7-9/h3-4,7-8,10H,5H2,1-2H3. The Morgan fingerprint density at radius 1 is 1.64 bits per heavy atom. The molecule has 1 unspecified atom stereocenters. The minimum Gasteiger partial charge on any atom is -0.293 e. The zero-order valence-corrected chi connectivity index (χ0v) is 9.17. The van der Waals surface area contributed by atoms with E-state index in [4.69, 9.17) is 5.26 Å². The van der Waals surface area contributed by atoms with Crippen LogP contribution in [-0.2, 0) is 0 Å². The molecule has 74 valence electrons. The van der Waals surface area contributed by atoms with Crippen molar-refractivity contribution in [1.29, 1.82) is 5.26 Å². The van der Waals surface area contributed by atoms with E-state index in [1.807, 2.05) is 19.2 Å². The first-order valence-corrected chi connectivity index (χ1v) is 5.55. The fraction of sp³-hybridized carbons (Fsp3) is 0.455. The number of ketones is 1. The zero-order valence-electron chi connectivity index (χ0n) is 8.36. The Bertz CT molecular complexity index is 335. The topological polar surface area (TPSA) is 40.9 Å². The maximum Gasteiger partial charge on any atom is 0.180 e. The van der Waals surface area contributed by atoms with Crippen LogP contribution in [-0.4, -0.2) is 5.78 Å².